The van der Waals surface area contributed by atoms with Crippen LogP contribution in [0.3, 0.4) is 0 Å². The van der Waals surface area contributed by atoms with Crippen LogP contribution in [0, 0.1) is 0 Å². The molecule has 7 aromatic rings. The molecule has 7 rings (SSSR count). The summed E-state index contributed by atoms with van der Waals surface area (Å²) < 4.78 is 5.02. The number of benzene rings is 4. The van der Waals surface area contributed by atoms with Crippen molar-refractivity contribution in [1.29, 1.82) is 0 Å². The zero-order valence-electron chi connectivity index (χ0n) is 25.5. The van der Waals surface area contributed by atoms with Crippen LogP contribution in [0.4, 0.5) is 0 Å². The molecule has 3 heterocycles. The fourth-order valence-corrected chi connectivity index (χ4v) is 8.23. The summed E-state index contributed by atoms with van der Waals surface area (Å²) >= 11 is 3.66. The van der Waals surface area contributed by atoms with Crippen molar-refractivity contribution in [3.8, 4) is 15.4 Å². The van der Waals surface area contributed by atoms with E-state index in [0.717, 1.165) is 5.56 Å². The second kappa shape index (κ2) is 10.0. The molecule has 0 aliphatic heterocycles. The third-order valence-corrected chi connectivity index (χ3v) is 10.7. The topological polar surface area (TPSA) is 22.0 Å². The lowest BCUT2D eigenvalue weighted by Gasteiger charge is -2.19. The highest BCUT2D eigenvalue weighted by Gasteiger charge is 2.22. The fraction of sp³-hybridized carbons (Fsp3) is 0.205. The van der Waals surface area contributed by atoms with Crippen LogP contribution in [0.2, 0.25) is 0 Å². The number of nitrogens with zero attached hydrogens (tertiary/aromatic N) is 1. The number of carbonyl (C=O) groups is 1. The molecule has 0 radical (unpaired) electrons. The molecule has 0 saturated heterocycles. The molecule has 0 saturated carbocycles. The van der Waals surface area contributed by atoms with Crippen molar-refractivity contribution in [2.75, 3.05) is 0 Å². The van der Waals surface area contributed by atoms with Crippen LogP contribution in [0.1, 0.15) is 68.6 Å². The Labute approximate surface area is 261 Å². The van der Waals surface area contributed by atoms with Gasteiger partial charge in [0, 0.05) is 36.2 Å². The third-order valence-electron chi connectivity index (χ3n) is 8.38. The molecule has 0 fully saturated rings. The zero-order chi connectivity index (χ0) is 30.1. The van der Waals surface area contributed by atoms with Crippen LogP contribution >= 0.6 is 22.7 Å². The summed E-state index contributed by atoms with van der Waals surface area (Å²) in [4.78, 5) is 14.1. The highest BCUT2D eigenvalue weighted by Crippen LogP contribution is 2.43. The molecule has 0 N–H and O–H groups in total. The van der Waals surface area contributed by atoms with E-state index in [-0.39, 0.29) is 16.6 Å². The molecule has 0 aliphatic rings. The number of hydrogen-bond acceptors (Lipinski definition) is 3. The van der Waals surface area contributed by atoms with E-state index in [2.05, 4.69) is 107 Å². The predicted octanol–water partition coefficient (Wildman–Crippen LogP) is 11.6. The number of hydrogen-bond donors (Lipinski definition) is 0. The first-order chi connectivity index (χ1) is 20.5. The largest absolute Gasteiger partial charge is 0.301 e. The highest BCUT2D eigenvalue weighted by molar-refractivity contribution is 7.30. The van der Waals surface area contributed by atoms with Gasteiger partial charge in [0.1, 0.15) is 5.00 Å². The number of aromatic nitrogens is 1. The summed E-state index contributed by atoms with van der Waals surface area (Å²) in [7, 11) is 0. The second-order valence-electron chi connectivity index (χ2n) is 13.5. The molecule has 43 heavy (non-hydrogen) atoms. The first-order valence-electron chi connectivity index (χ1n) is 14.8. The molecule has 0 atom stereocenters. The SMILES string of the molecule is CC(C)(C)c1ccc2c(c1)c1cc(C(C)(C)C)ccc1n2-c1cc2sc(-c3ccc(C(=O)c4ccccc4)cc3)cc2s1. The van der Waals surface area contributed by atoms with E-state index in [0.29, 0.717) is 11.1 Å². The van der Waals surface area contributed by atoms with E-state index in [4.69, 9.17) is 0 Å². The Hall–Kier alpha value is -3.99. The van der Waals surface area contributed by atoms with Gasteiger partial charge in [-0.2, -0.15) is 0 Å². The number of rotatable bonds is 4. The monoisotopic (exact) mass is 597 g/mol. The third kappa shape index (κ3) is 4.93. The van der Waals surface area contributed by atoms with E-state index >= 15 is 0 Å². The van der Waals surface area contributed by atoms with Crippen LogP contribution in [-0.2, 0) is 10.8 Å². The van der Waals surface area contributed by atoms with Gasteiger partial charge in [-0.25, -0.2) is 0 Å². The van der Waals surface area contributed by atoms with E-state index < -0.39 is 0 Å². The molecular weight excluding hydrogens is 563 g/mol. The maximum atomic E-state index is 12.9. The van der Waals surface area contributed by atoms with Crippen molar-refractivity contribution in [1.82, 2.24) is 4.57 Å². The van der Waals surface area contributed by atoms with Gasteiger partial charge in [0.2, 0.25) is 0 Å². The lowest BCUT2D eigenvalue weighted by molar-refractivity contribution is 0.103. The zero-order valence-corrected chi connectivity index (χ0v) is 27.1. The summed E-state index contributed by atoms with van der Waals surface area (Å²) in [5, 5.41) is 3.87. The van der Waals surface area contributed by atoms with E-state index in [9.17, 15) is 4.79 Å². The molecule has 0 unspecified atom stereocenters. The van der Waals surface area contributed by atoms with Crippen molar-refractivity contribution < 1.29 is 4.79 Å². The molecule has 0 amide bonds. The van der Waals surface area contributed by atoms with Crippen molar-refractivity contribution in [3.05, 3.63) is 125 Å². The summed E-state index contributed by atoms with van der Waals surface area (Å²) in [6, 6.07) is 36.1. The van der Waals surface area contributed by atoms with Crippen LogP contribution in [0.15, 0.2) is 103 Å². The van der Waals surface area contributed by atoms with Gasteiger partial charge in [-0.05, 0) is 63.9 Å². The molecule has 2 nitrogen and oxygen atoms in total. The second-order valence-corrected chi connectivity index (χ2v) is 15.6. The van der Waals surface area contributed by atoms with Gasteiger partial charge in [-0.3, -0.25) is 4.79 Å². The molecule has 4 heteroatoms. The fourth-order valence-electron chi connectivity index (χ4n) is 5.81. The van der Waals surface area contributed by atoms with E-state index in [1.165, 1.54) is 52.2 Å². The predicted molar refractivity (Wildman–Crippen MR) is 187 cm³/mol. The molecular formula is C39H35NOS2. The lowest BCUT2D eigenvalue weighted by atomic mass is 9.85. The Morgan fingerprint density at radius 1 is 0.581 bits per heavy atom. The van der Waals surface area contributed by atoms with Crippen LogP contribution < -0.4 is 0 Å². The average Bonchev–Trinajstić information content (AvgIpc) is 3.66. The highest BCUT2D eigenvalue weighted by atomic mass is 32.1. The first-order valence-corrected chi connectivity index (χ1v) is 16.4. The number of fused-ring (bicyclic) bond motifs is 4. The Morgan fingerprint density at radius 2 is 1.12 bits per heavy atom. The maximum absolute atomic E-state index is 12.9. The smallest absolute Gasteiger partial charge is 0.193 e. The van der Waals surface area contributed by atoms with Gasteiger partial charge < -0.3 is 4.57 Å². The Bertz CT molecular complexity index is 2040. The van der Waals surface area contributed by atoms with Gasteiger partial charge in [0.05, 0.1) is 11.0 Å². The van der Waals surface area contributed by atoms with E-state index in [1.54, 1.807) is 0 Å². The van der Waals surface area contributed by atoms with Gasteiger partial charge in [-0.1, -0.05) is 108 Å². The Balaban J connectivity index is 1.29. The molecule has 0 bridgehead atoms. The minimum Gasteiger partial charge on any atom is -0.301 e. The minimum absolute atomic E-state index is 0.0550. The van der Waals surface area contributed by atoms with Crippen molar-refractivity contribution in [2.45, 2.75) is 52.4 Å². The van der Waals surface area contributed by atoms with Crippen LogP contribution in [0.5, 0.6) is 0 Å². The van der Waals surface area contributed by atoms with Gasteiger partial charge in [-0.15, -0.1) is 22.7 Å². The summed E-state index contributed by atoms with van der Waals surface area (Å²) in [6.45, 7) is 13.7. The molecule has 214 valence electrons. The molecule has 3 aromatic heterocycles. The Morgan fingerprint density at radius 3 is 1.65 bits per heavy atom. The lowest BCUT2D eigenvalue weighted by Crippen LogP contribution is -2.10. The molecule has 4 aromatic carbocycles. The summed E-state index contributed by atoms with van der Waals surface area (Å²) in [5.41, 5.74) is 7.95. The normalized spacial score (nSPS) is 12.5. The Kier molecular flexibility index (Phi) is 6.50. The van der Waals surface area contributed by atoms with Crippen molar-refractivity contribution in [2.24, 2.45) is 0 Å². The number of ketones is 1. The minimum atomic E-state index is 0.0550. The number of thiophene rings is 2. The molecule has 0 spiro atoms. The van der Waals surface area contributed by atoms with Crippen molar-refractivity contribution in [3.63, 3.8) is 0 Å². The summed E-state index contributed by atoms with van der Waals surface area (Å²) in [6.07, 6.45) is 0. The maximum Gasteiger partial charge on any atom is 0.193 e. The molecule has 0 aliphatic carbocycles. The van der Waals surface area contributed by atoms with Crippen molar-refractivity contribution >= 4 is 59.7 Å². The van der Waals surface area contributed by atoms with Crippen LogP contribution in [0.25, 0.3) is 46.6 Å². The van der Waals surface area contributed by atoms with Gasteiger partial charge in [0.15, 0.2) is 5.78 Å². The van der Waals surface area contributed by atoms with Gasteiger partial charge >= 0.3 is 0 Å². The number of carbonyl (C=O) groups excluding carboxylic acids is 1. The van der Waals surface area contributed by atoms with E-state index in [1.807, 2.05) is 65.1 Å². The van der Waals surface area contributed by atoms with Crippen LogP contribution in [-0.4, -0.2) is 10.4 Å². The van der Waals surface area contributed by atoms with Gasteiger partial charge in [0.25, 0.3) is 0 Å². The summed E-state index contributed by atoms with van der Waals surface area (Å²) in [5.74, 6) is 0.0550. The standard InChI is InChI=1S/C39H35NOS2/c1-38(2,3)27-16-18-31-29(20-27)30-21-28(39(4,5)6)17-19-32(30)40(31)36-23-35-34(43-36)22-33(42-35)24-12-14-26(15-13-24)37(41)25-10-8-7-9-11-25/h7-23H,1-6H3. The quantitative estimate of drug-likeness (QED) is 0.185. The average molecular weight is 598 g/mol. The first kappa shape index (κ1) is 27.8.